The SMILES string of the molecule is CNC(=S)NN=C1CCSc2c(C)cccc21. The molecule has 0 atom stereocenters. The highest BCUT2D eigenvalue weighted by atomic mass is 32.2. The van der Waals surface area contributed by atoms with E-state index in [-0.39, 0.29) is 0 Å². The molecule has 17 heavy (non-hydrogen) atoms. The number of aryl methyl sites for hydroxylation is 1. The molecule has 1 aliphatic rings. The first-order valence-electron chi connectivity index (χ1n) is 5.49. The highest BCUT2D eigenvalue weighted by Crippen LogP contribution is 2.32. The van der Waals surface area contributed by atoms with Crippen LogP contribution in [0.1, 0.15) is 17.5 Å². The minimum absolute atomic E-state index is 0.546. The Labute approximate surface area is 111 Å². The summed E-state index contributed by atoms with van der Waals surface area (Å²) in [6, 6.07) is 6.34. The normalized spacial score (nSPS) is 16.5. The number of hydrogen-bond acceptors (Lipinski definition) is 3. The van der Waals surface area contributed by atoms with Gasteiger partial charge in [-0.15, -0.1) is 11.8 Å². The van der Waals surface area contributed by atoms with E-state index in [0.29, 0.717) is 5.11 Å². The standard InChI is InChI=1S/C12H15N3S2/c1-8-4-3-5-9-10(6-7-17-11(8)9)14-15-12(16)13-2/h3-5H,6-7H2,1-2H3,(H2,13,15,16). The summed E-state index contributed by atoms with van der Waals surface area (Å²) in [6.45, 7) is 2.14. The third-order valence-corrected chi connectivity index (χ3v) is 4.16. The summed E-state index contributed by atoms with van der Waals surface area (Å²) in [7, 11) is 1.78. The van der Waals surface area contributed by atoms with Crippen LogP contribution < -0.4 is 10.7 Å². The maximum absolute atomic E-state index is 5.01. The molecule has 0 spiro atoms. The number of benzene rings is 1. The van der Waals surface area contributed by atoms with Gasteiger partial charge < -0.3 is 5.32 Å². The number of nitrogens with one attached hydrogen (secondary N) is 2. The molecule has 1 heterocycles. The fourth-order valence-corrected chi connectivity index (χ4v) is 2.93. The van der Waals surface area contributed by atoms with Crippen LogP contribution in [0.3, 0.4) is 0 Å². The largest absolute Gasteiger partial charge is 0.364 e. The number of rotatable bonds is 1. The molecule has 0 aliphatic carbocycles. The lowest BCUT2D eigenvalue weighted by Crippen LogP contribution is -2.30. The monoisotopic (exact) mass is 265 g/mol. The number of nitrogens with zero attached hydrogens (tertiary/aromatic N) is 1. The van der Waals surface area contributed by atoms with Gasteiger partial charge in [-0.2, -0.15) is 5.10 Å². The Balaban J connectivity index is 2.29. The molecule has 0 aromatic heterocycles. The number of fused-ring (bicyclic) bond motifs is 1. The lowest BCUT2D eigenvalue weighted by Gasteiger charge is -2.19. The average molecular weight is 265 g/mol. The Kier molecular flexibility index (Phi) is 4.02. The van der Waals surface area contributed by atoms with Gasteiger partial charge >= 0.3 is 0 Å². The third-order valence-electron chi connectivity index (χ3n) is 2.63. The summed E-state index contributed by atoms with van der Waals surface area (Å²) in [5.74, 6) is 1.07. The highest BCUT2D eigenvalue weighted by molar-refractivity contribution is 7.99. The van der Waals surface area contributed by atoms with Gasteiger partial charge in [0.05, 0.1) is 5.71 Å². The molecule has 0 fully saturated rings. The molecule has 90 valence electrons. The van der Waals surface area contributed by atoms with E-state index in [9.17, 15) is 0 Å². The number of hydrazone groups is 1. The van der Waals surface area contributed by atoms with Gasteiger partial charge in [0, 0.05) is 29.7 Å². The van der Waals surface area contributed by atoms with Crippen LogP contribution in [-0.4, -0.2) is 23.6 Å². The molecule has 1 aromatic carbocycles. The van der Waals surface area contributed by atoms with Crippen LogP contribution in [0.2, 0.25) is 0 Å². The second-order valence-corrected chi connectivity index (χ2v) is 5.31. The minimum atomic E-state index is 0.546. The van der Waals surface area contributed by atoms with Gasteiger partial charge in [0.2, 0.25) is 0 Å². The molecule has 1 aliphatic heterocycles. The van der Waals surface area contributed by atoms with Crippen molar-refractivity contribution < 1.29 is 0 Å². The maximum Gasteiger partial charge on any atom is 0.186 e. The van der Waals surface area contributed by atoms with Gasteiger partial charge in [-0.05, 0) is 24.7 Å². The van der Waals surface area contributed by atoms with Gasteiger partial charge in [0.1, 0.15) is 0 Å². The number of hydrogen-bond donors (Lipinski definition) is 2. The molecule has 3 nitrogen and oxygen atoms in total. The van der Waals surface area contributed by atoms with Crippen LogP contribution in [0.25, 0.3) is 0 Å². The van der Waals surface area contributed by atoms with Crippen LogP contribution in [-0.2, 0) is 0 Å². The Morgan fingerprint density at radius 2 is 2.29 bits per heavy atom. The smallest absolute Gasteiger partial charge is 0.186 e. The van der Waals surface area contributed by atoms with Crippen molar-refractivity contribution in [3.8, 4) is 0 Å². The minimum Gasteiger partial charge on any atom is -0.364 e. The third kappa shape index (κ3) is 2.79. The first-order chi connectivity index (χ1) is 8.22. The molecule has 0 unspecified atom stereocenters. The molecule has 0 amide bonds. The van der Waals surface area contributed by atoms with Crippen molar-refractivity contribution in [3.05, 3.63) is 29.3 Å². The van der Waals surface area contributed by atoms with E-state index in [4.69, 9.17) is 12.2 Å². The summed E-state index contributed by atoms with van der Waals surface area (Å²) in [6.07, 6.45) is 0.973. The molecule has 2 N–H and O–H groups in total. The van der Waals surface area contributed by atoms with Crippen LogP contribution in [0.4, 0.5) is 0 Å². The fourth-order valence-electron chi connectivity index (χ4n) is 1.75. The molecule has 0 saturated heterocycles. The zero-order chi connectivity index (χ0) is 12.3. The van der Waals surface area contributed by atoms with Crippen molar-refractivity contribution >= 4 is 34.8 Å². The van der Waals surface area contributed by atoms with Crippen LogP contribution in [0.5, 0.6) is 0 Å². The van der Waals surface area contributed by atoms with Crippen molar-refractivity contribution in [2.75, 3.05) is 12.8 Å². The Hall–Kier alpha value is -1.07. The molecule has 0 saturated carbocycles. The summed E-state index contributed by atoms with van der Waals surface area (Å²) < 4.78 is 0. The zero-order valence-electron chi connectivity index (χ0n) is 9.91. The van der Waals surface area contributed by atoms with E-state index in [1.54, 1.807) is 7.05 Å². The van der Waals surface area contributed by atoms with Gasteiger partial charge in [-0.25, -0.2) is 0 Å². The Bertz CT molecular complexity index is 469. The van der Waals surface area contributed by atoms with E-state index in [1.165, 1.54) is 16.0 Å². The van der Waals surface area contributed by atoms with Gasteiger partial charge in [0.15, 0.2) is 5.11 Å². The van der Waals surface area contributed by atoms with E-state index in [0.717, 1.165) is 17.9 Å². The van der Waals surface area contributed by atoms with Crippen LogP contribution in [0, 0.1) is 6.92 Å². The molecule has 0 bridgehead atoms. The van der Waals surface area contributed by atoms with Crippen LogP contribution >= 0.6 is 24.0 Å². The second kappa shape index (κ2) is 5.51. The van der Waals surface area contributed by atoms with Gasteiger partial charge in [-0.1, -0.05) is 18.2 Å². The predicted molar refractivity (Wildman–Crippen MR) is 77.9 cm³/mol. The summed E-state index contributed by atoms with van der Waals surface area (Å²) >= 11 is 6.92. The molecule has 5 heteroatoms. The van der Waals surface area contributed by atoms with E-state index in [2.05, 4.69) is 41.0 Å². The second-order valence-electron chi connectivity index (χ2n) is 3.80. The predicted octanol–water partition coefficient (Wildman–Crippen LogP) is 2.29. The van der Waals surface area contributed by atoms with E-state index in [1.807, 2.05) is 11.8 Å². The van der Waals surface area contributed by atoms with Crippen molar-refractivity contribution in [3.63, 3.8) is 0 Å². The van der Waals surface area contributed by atoms with Crippen molar-refractivity contribution in [2.45, 2.75) is 18.2 Å². The molecule has 0 radical (unpaired) electrons. The molecule has 2 rings (SSSR count). The van der Waals surface area contributed by atoms with Crippen molar-refractivity contribution in [2.24, 2.45) is 5.10 Å². The molecule has 1 aromatic rings. The molecular weight excluding hydrogens is 250 g/mol. The average Bonchev–Trinajstić information content (AvgIpc) is 2.36. The molecular formula is C12H15N3S2. The fraction of sp³-hybridized carbons (Fsp3) is 0.333. The first kappa shape index (κ1) is 12.4. The first-order valence-corrected chi connectivity index (χ1v) is 6.89. The Morgan fingerprint density at radius 3 is 3.06 bits per heavy atom. The zero-order valence-corrected chi connectivity index (χ0v) is 11.5. The topological polar surface area (TPSA) is 36.4 Å². The van der Waals surface area contributed by atoms with E-state index >= 15 is 0 Å². The van der Waals surface area contributed by atoms with E-state index < -0.39 is 0 Å². The summed E-state index contributed by atoms with van der Waals surface area (Å²) in [4.78, 5) is 1.34. The lowest BCUT2D eigenvalue weighted by molar-refractivity contribution is 0.961. The maximum atomic E-state index is 5.01. The summed E-state index contributed by atoms with van der Waals surface area (Å²) in [5, 5.41) is 7.78. The van der Waals surface area contributed by atoms with Crippen molar-refractivity contribution in [1.82, 2.24) is 10.7 Å². The highest BCUT2D eigenvalue weighted by Gasteiger charge is 2.17. The quantitative estimate of drug-likeness (QED) is 0.603. The summed E-state index contributed by atoms with van der Waals surface area (Å²) in [5.41, 5.74) is 6.49. The lowest BCUT2D eigenvalue weighted by atomic mass is 10.0. The van der Waals surface area contributed by atoms with Crippen LogP contribution in [0.15, 0.2) is 28.2 Å². The number of thiocarbonyl (C=S) groups is 1. The number of thioether (sulfide) groups is 1. The van der Waals surface area contributed by atoms with Gasteiger partial charge in [0.25, 0.3) is 0 Å². The Morgan fingerprint density at radius 1 is 1.47 bits per heavy atom. The van der Waals surface area contributed by atoms with Crippen molar-refractivity contribution in [1.29, 1.82) is 0 Å². The van der Waals surface area contributed by atoms with Gasteiger partial charge in [-0.3, -0.25) is 5.43 Å².